The number of rotatable bonds is 4. The Kier molecular flexibility index (Phi) is 4.76. The van der Waals surface area contributed by atoms with Crippen LogP contribution in [-0.2, 0) is 5.41 Å². The Hall–Kier alpha value is -3.67. The average molecular weight is 386 g/mol. The van der Waals surface area contributed by atoms with Crippen molar-refractivity contribution < 1.29 is 9.32 Å². The third-order valence-electron chi connectivity index (χ3n) is 4.52. The van der Waals surface area contributed by atoms with Crippen LogP contribution >= 0.6 is 0 Å². The third kappa shape index (κ3) is 4.27. The van der Waals surface area contributed by atoms with Gasteiger partial charge in [0.15, 0.2) is 5.82 Å². The molecule has 29 heavy (non-hydrogen) atoms. The summed E-state index contributed by atoms with van der Waals surface area (Å²) in [7, 11) is 0. The maximum Gasteiger partial charge on any atom is 0.257 e. The van der Waals surface area contributed by atoms with E-state index in [-0.39, 0.29) is 11.3 Å². The highest BCUT2D eigenvalue weighted by atomic mass is 16.5. The molecule has 6 heteroatoms. The van der Waals surface area contributed by atoms with E-state index in [1.165, 1.54) is 0 Å². The second-order valence-corrected chi connectivity index (χ2v) is 7.90. The molecule has 6 nitrogen and oxygen atoms in total. The summed E-state index contributed by atoms with van der Waals surface area (Å²) >= 11 is 0. The summed E-state index contributed by atoms with van der Waals surface area (Å²) in [6.45, 7) is 6.21. The van der Waals surface area contributed by atoms with Crippen molar-refractivity contribution in [2.24, 2.45) is 0 Å². The summed E-state index contributed by atoms with van der Waals surface area (Å²) in [4.78, 5) is 16.9. The molecule has 146 valence electrons. The van der Waals surface area contributed by atoms with Crippen molar-refractivity contribution in [3.8, 4) is 0 Å². The molecule has 0 fully saturated rings. The highest BCUT2D eigenvalue weighted by Gasteiger charge is 2.19. The van der Waals surface area contributed by atoms with Gasteiger partial charge < -0.3 is 15.2 Å². The topological polar surface area (TPSA) is 80.0 Å². The molecule has 2 heterocycles. The number of benzene rings is 2. The number of amides is 1. The minimum atomic E-state index is -0.199. The number of anilines is 3. The lowest BCUT2D eigenvalue weighted by molar-refractivity contribution is 0.102. The van der Waals surface area contributed by atoms with Gasteiger partial charge in [-0.1, -0.05) is 44.1 Å². The lowest BCUT2D eigenvalue weighted by Crippen LogP contribution is -2.12. The molecule has 0 saturated heterocycles. The summed E-state index contributed by atoms with van der Waals surface area (Å²) in [5, 5.41) is 11.1. The van der Waals surface area contributed by atoms with E-state index in [2.05, 4.69) is 41.5 Å². The number of hydrogen-bond acceptors (Lipinski definition) is 5. The summed E-state index contributed by atoms with van der Waals surface area (Å²) in [5.74, 6) is 1.26. The van der Waals surface area contributed by atoms with Gasteiger partial charge in [0.1, 0.15) is 5.76 Å². The standard InChI is InChI=1S/C23H22N4O2/c1-23(2,3)20-13-21(27-29-20)25-17-8-10-18(11-9-17)26-22(28)16-12-15-6-4-5-7-19(15)24-14-16/h4-14H,1-3H3,(H,25,27)(H,26,28). The van der Waals surface area contributed by atoms with Gasteiger partial charge in [-0.2, -0.15) is 0 Å². The van der Waals surface area contributed by atoms with E-state index in [1.54, 1.807) is 6.20 Å². The van der Waals surface area contributed by atoms with Gasteiger partial charge >= 0.3 is 0 Å². The molecule has 0 bridgehead atoms. The number of fused-ring (bicyclic) bond motifs is 1. The Labute approximate surface area is 168 Å². The molecule has 0 spiro atoms. The summed E-state index contributed by atoms with van der Waals surface area (Å²) in [6, 6.07) is 18.9. The summed E-state index contributed by atoms with van der Waals surface area (Å²) < 4.78 is 5.38. The molecular weight excluding hydrogens is 364 g/mol. The largest absolute Gasteiger partial charge is 0.359 e. The lowest BCUT2D eigenvalue weighted by atomic mass is 9.93. The van der Waals surface area contributed by atoms with Crippen molar-refractivity contribution in [2.45, 2.75) is 26.2 Å². The predicted octanol–water partition coefficient (Wildman–Crippen LogP) is 5.52. The maximum atomic E-state index is 12.5. The molecule has 4 rings (SSSR count). The average Bonchev–Trinajstić information content (AvgIpc) is 3.18. The van der Waals surface area contributed by atoms with Crippen LogP contribution in [0.4, 0.5) is 17.2 Å². The first-order valence-corrected chi connectivity index (χ1v) is 9.39. The molecule has 2 aromatic carbocycles. The van der Waals surface area contributed by atoms with Gasteiger partial charge in [0.05, 0.1) is 11.1 Å². The highest BCUT2D eigenvalue weighted by Crippen LogP contribution is 2.26. The predicted molar refractivity (Wildman–Crippen MR) is 115 cm³/mol. The zero-order chi connectivity index (χ0) is 20.4. The fourth-order valence-electron chi connectivity index (χ4n) is 2.87. The van der Waals surface area contributed by atoms with E-state index in [4.69, 9.17) is 4.52 Å². The van der Waals surface area contributed by atoms with E-state index < -0.39 is 0 Å². The first kappa shape index (κ1) is 18.7. The maximum absolute atomic E-state index is 12.5. The zero-order valence-corrected chi connectivity index (χ0v) is 16.6. The van der Waals surface area contributed by atoms with Gasteiger partial charge in [-0.25, -0.2) is 0 Å². The van der Waals surface area contributed by atoms with Crippen molar-refractivity contribution in [3.05, 3.63) is 78.2 Å². The van der Waals surface area contributed by atoms with Crippen LogP contribution in [0.25, 0.3) is 10.9 Å². The molecule has 0 radical (unpaired) electrons. The van der Waals surface area contributed by atoms with E-state index in [1.807, 2.05) is 60.7 Å². The molecule has 0 aliphatic heterocycles. The van der Waals surface area contributed by atoms with Gasteiger partial charge in [-0.15, -0.1) is 0 Å². The van der Waals surface area contributed by atoms with E-state index >= 15 is 0 Å². The number of carbonyl (C=O) groups is 1. The number of carbonyl (C=O) groups excluding carboxylic acids is 1. The first-order chi connectivity index (χ1) is 13.9. The SMILES string of the molecule is CC(C)(C)c1cc(Nc2ccc(NC(=O)c3cnc4ccccc4c3)cc2)no1. The Morgan fingerprint density at radius 1 is 0.966 bits per heavy atom. The number of nitrogens with zero attached hydrogens (tertiary/aromatic N) is 2. The molecule has 0 aliphatic carbocycles. The van der Waals surface area contributed by atoms with Crippen molar-refractivity contribution in [3.63, 3.8) is 0 Å². The molecule has 0 aliphatic rings. The Morgan fingerprint density at radius 3 is 2.41 bits per heavy atom. The fourth-order valence-corrected chi connectivity index (χ4v) is 2.87. The number of nitrogens with one attached hydrogen (secondary N) is 2. The van der Waals surface area contributed by atoms with Crippen LogP contribution in [0.2, 0.25) is 0 Å². The van der Waals surface area contributed by atoms with Crippen LogP contribution in [-0.4, -0.2) is 16.0 Å². The quantitative estimate of drug-likeness (QED) is 0.483. The monoisotopic (exact) mass is 386 g/mol. The molecule has 2 N–H and O–H groups in total. The van der Waals surface area contributed by atoms with Crippen LogP contribution < -0.4 is 10.6 Å². The second kappa shape index (κ2) is 7.39. The molecule has 2 aromatic heterocycles. The first-order valence-electron chi connectivity index (χ1n) is 9.39. The normalized spacial score (nSPS) is 11.4. The van der Waals surface area contributed by atoms with Gasteiger partial charge in [-0.05, 0) is 36.4 Å². The third-order valence-corrected chi connectivity index (χ3v) is 4.52. The smallest absolute Gasteiger partial charge is 0.257 e. The molecule has 0 saturated carbocycles. The Balaban J connectivity index is 1.43. The molecule has 4 aromatic rings. The molecule has 0 atom stereocenters. The Morgan fingerprint density at radius 2 is 1.69 bits per heavy atom. The number of aromatic nitrogens is 2. The van der Waals surface area contributed by atoms with Crippen molar-refractivity contribution in [2.75, 3.05) is 10.6 Å². The fraction of sp³-hybridized carbons (Fsp3) is 0.174. The Bertz CT molecular complexity index is 1160. The van der Waals surface area contributed by atoms with Crippen LogP contribution in [0.1, 0.15) is 36.9 Å². The minimum Gasteiger partial charge on any atom is -0.359 e. The number of hydrogen-bond donors (Lipinski definition) is 2. The summed E-state index contributed by atoms with van der Waals surface area (Å²) in [5.41, 5.74) is 2.83. The minimum absolute atomic E-state index is 0.0985. The van der Waals surface area contributed by atoms with Crippen molar-refractivity contribution in [1.29, 1.82) is 0 Å². The molecule has 1 amide bonds. The molecule has 0 unspecified atom stereocenters. The van der Waals surface area contributed by atoms with Gasteiger partial charge in [0.25, 0.3) is 5.91 Å². The van der Waals surface area contributed by atoms with E-state index in [9.17, 15) is 4.79 Å². The summed E-state index contributed by atoms with van der Waals surface area (Å²) in [6.07, 6.45) is 1.59. The van der Waals surface area contributed by atoms with Crippen LogP contribution in [0, 0.1) is 0 Å². The van der Waals surface area contributed by atoms with E-state index in [0.29, 0.717) is 17.1 Å². The van der Waals surface area contributed by atoms with Crippen LogP contribution in [0.15, 0.2) is 71.4 Å². The number of para-hydroxylation sites is 1. The van der Waals surface area contributed by atoms with Crippen molar-refractivity contribution in [1.82, 2.24) is 10.1 Å². The highest BCUT2D eigenvalue weighted by molar-refractivity contribution is 6.05. The van der Waals surface area contributed by atoms with Crippen LogP contribution in [0.3, 0.4) is 0 Å². The molecular formula is C23H22N4O2. The van der Waals surface area contributed by atoms with Crippen molar-refractivity contribution >= 4 is 34.0 Å². The van der Waals surface area contributed by atoms with Gasteiger partial charge in [-0.3, -0.25) is 9.78 Å². The van der Waals surface area contributed by atoms with Gasteiger partial charge in [0.2, 0.25) is 0 Å². The van der Waals surface area contributed by atoms with E-state index in [0.717, 1.165) is 22.4 Å². The second-order valence-electron chi connectivity index (χ2n) is 7.90. The zero-order valence-electron chi connectivity index (χ0n) is 16.6. The van der Waals surface area contributed by atoms with Gasteiger partial charge in [0, 0.05) is 34.4 Å². The number of pyridine rings is 1. The lowest BCUT2D eigenvalue weighted by Gasteiger charge is -2.12. The van der Waals surface area contributed by atoms with Crippen LogP contribution in [0.5, 0.6) is 0 Å².